The number of likely N-dealkylation sites (tertiary alicyclic amines) is 1. The van der Waals surface area contributed by atoms with Crippen LogP contribution in [-0.2, 0) is 19.6 Å². The molecule has 2 aromatic heterocycles. The normalized spacial score (nSPS) is 14.2. The summed E-state index contributed by atoms with van der Waals surface area (Å²) in [4.78, 5) is 14.4. The number of fused-ring (bicyclic) bond motifs is 1. The van der Waals surface area contributed by atoms with Crippen LogP contribution in [0.1, 0.15) is 73.1 Å². The average Bonchev–Trinajstić information content (AvgIpc) is 3.56. The van der Waals surface area contributed by atoms with Gasteiger partial charge in [0.2, 0.25) is 0 Å². The van der Waals surface area contributed by atoms with Gasteiger partial charge >= 0.3 is 6.01 Å². The number of piperidine rings is 1. The number of hydrogen-bond donors (Lipinski definition) is 1. The predicted octanol–water partition coefficient (Wildman–Crippen LogP) is 6.59. The standard InChI is InChI=1S/C38H46N6O4/c1-4-5-22-48-38-40-37(43(26-28-12-16-32(46-2)17-13-28)27-29-14-18-33(47-3)19-15-29)36-39-24-34(44(36)41-38)35(45)31-11-9-10-30(23-31)25-42-20-7-6-8-21-42/h9-19,23-24,35,45H,4-8,20-22,25-27H2,1-3H3. The molecule has 1 aliphatic rings. The summed E-state index contributed by atoms with van der Waals surface area (Å²) in [5.41, 5.74) is 5.23. The van der Waals surface area contributed by atoms with Crippen LogP contribution in [0, 0.1) is 0 Å². The molecule has 1 fully saturated rings. The molecule has 1 atom stereocenters. The van der Waals surface area contributed by atoms with E-state index in [0.29, 0.717) is 36.9 Å². The van der Waals surface area contributed by atoms with Crippen molar-refractivity contribution in [3.05, 3.63) is 107 Å². The summed E-state index contributed by atoms with van der Waals surface area (Å²) >= 11 is 0. The molecule has 6 rings (SSSR count). The number of rotatable bonds is 15. The Kier molecular flexibility index (Phi) is 11.0. The van der Waals surface area contributed by atoms with Crippen LogP contribution >= 0.6 is 0 Å². The van der Waals surface area contributed by atoms with Crippen LogP contribution in [0.25, 0.3) is 5.65 Å². The number of benzene rings is 3. The fraction of sp³-hybridized carbons (Fsp3) is 0.395. The molecule has 1 unspecified atom stereocenters. The van der Waals surface area contributed by atoms with Crippen LogP contribution < -0.4 is 19.1 Å². The lowest BCUT2D eigenvalue weighted by Crippen LogP contribution is -2.29. The minimum atomic E-state index is -0.941. The Morgan fingerprint density at radius 2 is 1.52 bits per heavy atom. The van der Waals surface area contributed by atoms with Crippen molar-refractivity contribution in [3.8, 4) is 17.5 Å². The van der Waals surface area contributed by atoms with Crippen molar-refractivity contribution >= 4 is 11.5 Å². The molecule has 48 heavy (non-hydrogen) atoms. The summed E-state index contributed by atoms with van der Waals surface area (Å²) in [7, 11) is 3.33. The third kappa shape index (κ3) is 8.06. The van der Waals surface area contributed by atoms with Crippen molar-refractivity contribution in [2.45, 2.75) is 64.8 Å². The summed E-state index contributed by atoms with van der Waals surface area (Å²) in [6.07, 6.45) is 6.40. The second kappa shape index (κ2) is 16.0. The molecule has 0 spiro atoms. The van der Waals surface area contributed by atoms with E-state index in [1.807, 2.05) is 36.4 Å². The average molecular weight is 651 g/mol. The highest BCUT2D eigenvalue weighted by atomic mass is 16.5. The molecule has 3 heterocycles. The SMILES string of the molecule is CCCCOc1nc(N(Cc2ccc(OC)cc2)Cc2ccc(OC)cc2)c2ncc(C(O)c3cccc(CN4CCCCC4)c3)n2n1. The van der Waals surface area contributed by atoms with Crippen molar-refractivity contribution in [1.82, 2.24) is 24.5 Å². The Morgan fingerprint density at radius 1 is 0.854 bits per heavy atom. The van der Waals surface area contributed by atoms with Crippen LogP contribution in [0.2, 0.25) is 0 Å². The first kappa shape index (κ1) is 33.2. The topological polar surface area (TPSA) is 97.5 Å². The highest BCUT2D eigenvalue weighted by molar-refractivity contribution is 5.65. The van der Waals surface area contributed by atoms with Gasteiger partial charge in [0.15, 0.2) is 11.5 Å². The Morgan fingerprint density at radius 3 is 2.15 bits per heavy atom. The largest absolute Gasteiger partial charge is 0.497 e. The molecule has 3 aromatic carbocycles. The molecule has 0 bridgehead atoms. The highest BCUT2D eigenvalue weighted by Crippen LogP contribution is 2.30. The number of methoxy groups -OCH3 is 2. The fourth-order valence-corrected chi connectivity index (χ4v) is 6.15. The number of anilines is 1. The summed E-state index contributed by atoms with van der Waals surface area (Å²) in [5.74, 6) is 2.20. The summed E-state index contributed by atoms with van der Waals surface area (Å²) in [6, 6.07) is 24.5. The maximum Gasteiger partial charge on any atom is 0.336 e. The first-order valence-corrected chi connectivity index (χ1v) is 16.9. The van der Waals surface area contributed by atoms with E-state index in [1.54, 1.807) is 24.9 Å². The second-order valence-corrected chi connectivity index (χ2v) is 12.4. The zero-order valence-corrected chi connectivity index (χ0v) is 28.2. The van der Waals surface area contributed by atoms with Crippen molar-refractivity contribution in [2.75, 3.05) is 38.8 Å². The molecule has 1 aliphatic heterocycles. The highest BCUT2D eigenvalue weighted by Gasteiger charge is 2.24. The molecule has 1 N–H and O–H groups in total. The smallest absolute Gasteiger partial charge is 0.336 e. The van der Waals surface area contributed by atoms with Gasteiger partial charge in [0.25, 0.3) is 0 Å². The Balaban J connectivity index is 1.38. The van der Waals surface area contributed by atoms with E-state index >= 15 is 0 Å². The molecule has 0 amide bonds. The van der Waals surface area contributed by atoms with Gasteiger partial charge in [-0.05, 0) is 78.9 Å². The fourth-order valence-electron chi connectivity index (χ4n) is 6.15. The molecule has 0 saturated carbocycles. The number of imidazole rings is 1. The first-order valence-electron chi connectivity index (χ1n) is 16.9. The van der Waals surface area contributed by atoms with Gasteiger partial charge in [0.05, 0.1) is 32.7 Å². The van der Waals surface area contributed by atoms with Gasteiger partial charge in [-0.25, -0.2) is 9.50 Å². The summed E-state index contributed by atoms with van der Waals surface area (Å²) in [6.45, 7) is 6.80. The number of aromatic nitrogens is 4. The van der Waals surface area contributed by atoms with E-state index in [4.69, 9.17) is 29.3 Å². The molecule has 0 aliphatic carbocycles. The predicted molar refractivity (Wildman–Crippen MR) is 187 cm³/mol. The van der Waals surface area contributed by atoms with Crippen molar-refractivity contribution in [2.24, 2.45) is 0 Å². The van der Waals surface area contributed by atoms with Crippen LogP contribution in [0.3, 0.4) is 0 Å². The van der Waals surface area contributed by atoms with Gasteiger partial charge in [-0.3, -0.25) is 4.90 Å². The zero-order chi connectivity index (χ0) is 33.3. The Hall–Kier alpha value is -4.67. The summed E-state index contributed by atoms with van der Waals surface area (Å²) in [5, 5.41) is 16.6. The van der Waals surface area contributed by atoms with Crippen LogP contribution in [-0.4, -0.2) is 63.5 Å². The minimum Gasteiger partial charge on any atom is -0.497 e. The third-order valence-electron chi connectivity index (χ3n) is 8.85. The van der Waals surface area contributed by atoms with Gasteiger partial charge in [0, 0.05) is 19.6 Å². The lowest BCUT2D eigenvalue weighted by atomic mass is 10.0. The Labute approximate surface area is 282 Å². The number of unbranched alkanes of at least 4 members (excludes halogenated alkanes) is 1. The molecular formula is C38H46N6O4. The van der Waals surface area contributed by atoms with Gasteiger partial charge in [-0.2, -0.15) is 4.98 Å². The third-order valence-corrected chi connectivity index (χ3v) is 8.85. The van der Waals surface area contributed by atoms with E-state index < -0.39 is 6.10 Å². The molecule has 10 heteroatoms. The number of aliphatic hydroxyl groups excluding tert-OH is 1. The maximum atomic E-state index is 11.8. The lowest BCUT2D eigenvalue weighted by Gasteiger charge is -2.26. The number of hydrogen-bond acceptors (Lipinski definition) is 9. The summed E-state index contributed by atoms with van der Waals surface area (Å²) < 4.78 is 18.6. The number of aliphatic hydroxyl groups is 1. The van der Waals surface area contributed by atoms with Crippen LogP contribution in [0.5, 0.6) is 17.5 Å². The molecule has 0 radical (unpaired) electrons. The number of ether oxygens (including phenoxy) is 3. The monoisotopic (exact) mass is 650 g/mol. The molecule has 1 saturated heterocycles. The van der Waals surface area contributed by atoms with Crippen molar-refractivity contribution in [1.29, 1.82) is 0 Å². The van der Waals surface area contributed by atoms with Gasteiger partial charge in [-0.15, -0.1) is 5.10 Å². The first-order chi connectivity index (χ1) is 23.5. The maximum absolute atomic E-state index is 11.8. The van der Waals surface area contributed by atoms with Crippen molar-refractivity contribution in [3.63, 3.8) is 0 Å². The second-order valence-electron chi connectivity index (χ2n) is 12.4. The van der Waals surface area contributed by atoms with Crippen LogP contribution in [0.4, 0.5) is 5.82 Å². The quantitative estimate of drug-likeness (QED) is 0.126. The molecule has 5 aromatic rings. The van der Waals surface area contributed by atoms with Gasteiger partial charge in [0.1, 0.15) is 17.6 Å². The molecular weight excluding hydrogens is 604 g/mol. The van der Waals surface area contributed by atoms with Gasteiger partial charge in [-0.1, -0.05) is 68.3 Å². The van der Waals surface area contributed by atoms with E-state index in [2.05, 4.69) is 53.1 Å². The van der Waals surface area contributed by atoms with Crippen LogP contribution in [0.15, 0.2) is 79.0 Å². The zero-order valence-electron chi connectivity index (χ0n) is 28.2. The lowest BCUT2D eigenvalue weighted by molar-refractivity contribution is 0.209. The molecule has 10 nitrogen and oxygen atoms in total. The Bertz CT molecular complexity index is 1700. The van der Waals surface area contributed by atoms with E-state index in [-0.39, 0.29) is 6.01 Å². The molecule has 252 valence electrons. The van der Waals surface area contributed by atoms with Crippen molar-refractivity contribution < 1.29 is 19.3 Å². The number of nitrogens with zero attached hydrogens (tertiary/aromatic N) is 6. The van der Waals surface area contributed by atoms with E-state index in [9.17, 15) is 5.11 Å². The van der Waals surface area contributed by atoms with E-state index in [0.717, 1.165) is 60.7 Å². The van der Waals surface area contributed by atoms with E-state index in [1.165, 1.54) is 24.8 Å². The van der Waals surface area contributed by atoms with Gasteiger partial charge < -0.3 is 24.2 Å². The minimum absolute atomic E-state index is 0.241.